The molecule has 0 amide bonds. The third-order valence-electron chi connectivity index (χ3n) is 2.29. The predicted octanol–water partition coefficient (Wildman–Crippen LogP) is 7.25. The topological polar surface area (TPSA) is 0 Å². The molecular weight excluding hydrogens is 264 g/mol. The van der Waals surface area contributed by atoms with Crippen molar-refractivity contribution in [1.29, 1.82) is 0 Å². The van der Waals surface area contributed by atoms with Gasteiger partial charge >= 0.3 is 0 Å². The quantitative estimate of drug-likeness (QED) is 0.251. The molecule has 0 bridgehead atoms. The van der Waals surface area contributed by atoms with Crippen LogP contribution in [-0.4, -0.2) is 6.38 Å². The van der Waals surface area contributed by atoms with Gasteiger partial charge in [0.25, 0.3) is 0 Å². The average Bonchev–Trinajstić information content (AvgIpc) is 2.46. The molecule has 0 radical (unpaired) electrons. The molecule has 0 aromatic heterocycles. The molecule has 0 aromatic carbocycles. The van der Waals surface area contributed by atoms with Gasteiger partial charge in [-0.25, -0.2) is 0 Å². The number of rotatable bonds is 8. The normalized spacial score (nSPS) is 10.0. The van der Waals surface area contributed by atoms with Gasteiger partial charge in [0.1, 0.15) is 0 Å². The van der Waals surface area contributed by atoms with Gasteiger partial charge in [0.2, 0.25) is 0 Å². The van der Waals surface area contributed by atoms with Gasteiger partial charge in [-0.1, -0.05) is 75.0 Å². The van der Waals surface area contributed by atoms with E-state index in [2.05, 4.69) is 56.5 Å². The van der Waals surface area contributed by atoms with Crippen LogP contribution in [0.15, 0.2) is 60.8 Å². The predicted molar refractivity (Wildman–Crippen MR) is 98.6 cm³/mol. The van der Waals surface area contributed by atoms with Crippen LogP contribution in [0, 0.1) is 0 Å². The van der Waals surface area contributed by atoms with Crippen molar-refractivity contribution in [2.45, 2.75) is 53.4 Å². The van der Waals surface area contributed by atoms with E-state index >= 15 is 0 Å². The lowest BCUT2D eigenvalue weighted by Gasteiger charge is -2.00. The summed E-state index contributed by atoms with van der Waals surface area (Å²) < 4.78 is 0. The first kappa shape index (κ1) is 24.0. The number of hydrogen-bond acceptors (Lipinski definition) is 0. The zero-order valence-corrected chi connectivity index (χ0v) is 14.9. The van der Waals surface area contributed by atoms with E-state index in [0.717, 1.165) is 25.7 Å². The highest BCUT2D eigenvalue weighted by Gasteiger charge is 1.91. The summed E-state index contributed by atoms with van der Waals surface area (Å²) in [5, 5.41) is 0. The smallest absolute Gasteiger partial charge is 0.0108 e. The standard InChI is InChI=1S/C16H24.C2H6.CH3Cl/c1-6-10-16(7-2)12-9-8-11-15(5)13-14(3)4;2*1-2/h6,8-9,12H,1,3,5,7,10-11,13H2,2,4H3;1-2H3;1H3/b9-8?,16-12-;;. The fraction of sp³-hybridized carbons (Fsp3) is 0.474. The zero-order valence-electron chi connectivity index (χ0n) is 14.1. The zero-order chi connectivity index (χ0) is 16.4. The Labute approximate surface area is 132 Å². The summed E-state index contributed by atoms with van der Waals surface area (Å²) in [7, 11) is 0. The van der Waals surface area contributed by atoms with Crippen molar-refractivity contribution >= 4 is 11.6 Å². The van der Waals surface area contributed by atoms with Crippen LogP contribution >= 0.6 is 11.6 Å². The summed E-state index contributed by atoms with van der Waals surface area (Å²) in [5.41, 5.74) is 3.81. The lowest BCUT2D eigenvalue weighted by atomic mass is 10.1. The molecule has 0 saturated heterocycles. The highest BCUT2D eigenvalue weighted by molar-refractivity contribution is 6.15. The number of halogens is 1. The Balaban J connectivity index is -0.000000656. The molecule has 0 atom stereocenters. The average molecular weight is 297 g/mol. The van der Waals surface area contributed by atoms with Crippen LogP contribution in [-0.2, 0) is 0 Å². The van der Waals surface area contributed by atoms with E-state index in [1.807, 2.05) is 26.8 Å². The van der Waals surface area contributed by atoms with Crippen molar-refractivity contribution < 1.29 is 0 Å². The van der Waals surface area contributed by atoms with E-state index in [-0.39, 0.29) is 0 Å². The summed E-state index contributed by atoms with van der Waals surface area (Å²) >= 11 is 4.64. The highest BCUT2D eigenvalue weighted by atomic mass is 35.5. The molecule has 20 heavy (non-hydrogen) atoms. The molecule has 116 valence electrons. The Kier molecular flexibility index (Phi) is 24.4. The van der Waals surface area contributed by atoms with Crippen molar-refractivity contribution in [2.75, 3.05) is 6.38 Å². The lowest BCUT2D eigenvalue weighted by molar-refractivity contribution is 1.03. The second-order valence-corrected chi connectivity index (χ2v) is 4.19. The molecule has 0 rings (SSSR count). The maximum absolute atomic E-state index is 4.64. The molecular formula is C19H33Cl. The minimum atomic E-state index is 0.932. The summed E-state index contributed by atoms with van der Waals surface area (Å²) in [6.07, 6.45) is 13.8. The maximum atomic E-state index is 4.64. The minimum Gasteiger partial charge on any atom is -0.130 e. The first-order chi connectivity index (χ1) is 9.60. The van der Waals surface area contributed by atoms with Crippen LogP contribution in [0.25, 0.3) is 0 Å². The van der Waals surface area contributed by atoms with Crippen LogP contribution < -0.4 is 0 Å². The number of alkyl halides is 1. The first-order valence-corrected chi connectivity index (χ1v) is 8.00. The van der Waals surface area contributed by atoms with Gasteiger partial charge in [-0.3, -0.25) is 0 Å². The monoisotopic (exact) mass is 296 g/mol. The lowest BCUT2D eigenvalue weighted by Crippen LogP contribution is -1.80. The Morgan fingerprint density at radius 2 is 1.65 bits per heavy atom. The van der Waals surface area contributed by atoms with Gasteiger partial charge in [-0.15, -0.1) is 18.2 Å². The Hall–Kier alpha value is -1.01. The molecule has 0 saturated carbocycles. The van der Waals surface area contributed by atoms with E-state index in [0.29, 0.717) is 0 Å². The largest absolute Gasteiger partial charge is 0.130 e. The van der Waals surface area contributed by atoms with Gasteiger partial charge in [0.05, 0.1) is 0 Å². The maximum Gasteiger partial charge on any atom is 0.0108 e. The summed E-state index contributed by atoms with van der Waals surface area (Å²) in [5.74, 6) is 0. The molecule has 0 nitrogen and oxygen atoms in total. The van der Waals surface area contributed by atoms with E-state index in [9.17, 15) is 0 Å². The second-order valence-electron chi connectivity index (χ2n) is 4.19. The second kappa shape index (κ2) is 20.3. The third-order valence-corrected chi connectivity index (χ3v) is 2.29. The van der Waals surface area contributed by atoms with Crippen LogP contribution in [0.2, 0.25) is 0 Å². The van der Waals surface area contributed by atoms with Gasteiger partial charge in [0, 0.05) is 6.38 Å². The summed E-state index contributed by atoms with van der Waals surface area (Å²) in [4.78, 5) is 0. The highest BCUT2D eigenvalue weighted by Crippen LogP contribution is 2.11. The minimum absolute atomic E-state index is 0.932. The molecule has 0 unspecified atom stereocenters. The van der Waals surface area contributed by atoms with Crippen LogP contribution in [0.1, 0.15) is 53.4 Å². The summed E-state index contributed by atoms with van der Waals surface area (Å²) in [6, 6.07) is 0. The Bertz CT molecular complexity index is 306. The fourth-order valence-electron chi connectivity index (χ4n) is 1.45. The SMILES string of the molecule is C=CC/C(=C\C=CCC(=C)CC(=C)C)CC.CC.CCl. The molecule has 0 fully saturated rings. The van der Waals surface area contributed by atoms with Crippen molar-refractivity contribution in [1.82, 2.24) is 0 Å². The summed E-state index contributed by atoms with van der Waals surface area (Å²) in [6.45, 7) is 19.9. The Morgan fingerprint density at radius 3 is 2.05 bits per heavy atom. The molecule has 0 aliphatic heterocycles. The van der Waals surface area contributed by atoms with Crippen molar-refractivity contribution in [3.8, 4) is 0 Å². The van der Waals surface area contributed by atoms with Crippen LogP contribution in [0.5, 0.6) is 0 Å². The van der Waals surface area contributed by atoms with Gasteiger partial charge in [0.15, 0.2) is 0 Å². The third kappa shape index (κ3) is 19.3. The van der Waals surface area contributed by atoms with E-state index in [1.54, 1.807) is 0 Å². The van der Waals surface area contributed by atoms with Gasteiger partial charge < -0.3 is 0 Å². The number of allylic oxidation sites excluding steroid dienone is 7. The van der Waals surface area contributed by atoms with E-state index in [4.69, 9.17) is 0 Å². The molecule has 1 heteroatoms. The molecule has 0 aliphatic rings. The Morgan fingerprint density at radius 1 is 1.10 bits per heavy atom. The molecule has 0 heterocycles. The van der Waals surface area contributed by atoms with E-state index in [1.165, 1.54) is 23.1 Å². The molecule has 0 N–H and O–H groups in total. The van der Waals surface area contributed by atoms with Crippen molar-refractivity contribution in [2.24, 2.45) is 0 Å². The molecule has 0 spiro atoms. The van der Waals surface area contributed by atoms with E-state index < -0.39 is 0 Å². The molecule has 0 aromatic rings. The molecule has 0 aliphatic carbocycles. The fourth-order valence-corrected chi connectivity index (χ4v) is 1.45. The van der Waals surface area contributed by atoms with Crippen molar-refractivity contribution in [3.05, 3.63) is 60.8 Å². The van der Waals surface area contributed by atoms with Gasteiger partial charge in [-0.2, -0.15) is 0 Å². The van der Waals surface area contributed by atoms with Gasteiger partial charge in [-0.05, 0) is 32.6 Å². The number of hydrogen-bond donors (Lipinski definition) is 0. The van der Waals surface area contributed by atoms with Crippen LogP contribution in [0.4, 0.5) is 0 Å². The van der Waals surface area contributed by atoms with Crippen molar-refractivity contribution in [3.63, 3.8) is 0 Å². The first-order valence-electron chi connectivity index (χ1n) is 7.24. The van der Waals surface area contributed by atoms with Crippen LogP contribution in [0.3, 0.4) is 0 Å².